The summed E-state index contributed by atoms with van der Waals surface area (Å²) >= 11 is 0. The number of carboxylic acids is 1. The van der Waals surface area contributed by atoms with Crippen LogP contribution in [0.3, 0.4) is 0 Å². The lowest BCUT2D eigenvalue weighted by molar-refractivity contribution is -0.142. The van der Waals surface area contributed by atoms with E-state index >= 15 is 0 Å². The second kappa shape index (κ2) is 6.60. The summed E-state index contributed by atoms with van der Waals surface area (Å²) in [5.41, 5.74) is -0.135. The van der Waals surface area contributed by atoms with Crippen molar-refractivity contribution in [2.45, 2.75) is 44.3 Å². The van der Waals surface area contributed by atoms with Crippen molar-refractivity contribution >= 4 is 11.9 Å². The third-order valence-electron chi connectivity index (χ3n) is 3.97. The first-order valence-electron chi connectivity index (χ1n) is 7.38. The number of alkyl halides is 3. The van der Waals surface area contributed by atoms with Crippen LogP contribution in [0.4, 0.5) is 13.2 Å². The van der Waals surface area contributed by atoms with Crippen molar-refractivity contribution in [1.29, 1.82) is 0 Å². The molecule has 1 amide bonds. The summed E-state index contributed by atoms with van der Waals surface area (Å²) in [6, 6.07) is 3.77. The molecule has 2 rings (SSSR count). The number of aliphatic carboxylic acids is 1. The lowest BCUT2D eigenvalue weighted by Crippen LogP contribution is -2.42. The number of hydrogen-bond acceptors (Lipinski definition) is 2. The summed E-state index contributed by atoms with van der Waals surface area (Å²) in [4.78, 5) is 23.0. The Morgan fingerprint density at radius 3 is 2.26 bits per heavy atom. The zero-order valence-corrected chi connectivity index (χ0v) is 12.6. The summed E-state index contributed by atoms with van der Waals surface area (Å²) in [7, 11) is 0. The predicted octanol–water partition coefficient (Wildman–Crippen LogP) is 3.18. The molecule has 1 fully saturated rings. The molecule has 126 valence electrons. The highest BCUT2D eigenvalue weighted by atomic mass is 19.4. The smallest absolute Gasteiger partial charge is 0.416 e. The minimum absolute atomic E-state index is 0.0159. The maximum absolute atomic E-state index is 12.5. The van der Waals surface area contributed by atoms with E-state index in [1.165, 1.54) is 12.1 Å². The maximum atomic E-state index is 12.5. The van der Waals surface area contributed by atoms with Crippen LogP contribution in [0.25, 0.3) is 0 Å². The highest BCUT2D eigenvalue weighted by Crippen LogP contribution is 2.33. The van der Waals surface area contributed by atoms with E-state index in [1.807, 2.05) is 0 Å². The number of benzene rings is 1. The van der Waals surface area contributed by atoms with E-state index in [0.717, 1.165) is 25.0 Å². The minimum atomic E-state index is -4.39. The van der Waals surface area contributed by atoms with Crippen LogP contribution >= 0.6 is 0 Å². The van der Waals surface area contributed by atoms with Crippen LogP contribution in [0.1, 0.15) is 43.2 Å². The van der Waals surface area contributed by atoms with Gasteiger partial charge in [-0.1, -0.05) is 19.1 Å². The molecule has 0 aliphatic heterocycles. The zero-order chi connectivity index (χ0) is 17.2. The Bertz CT molecular complexity index is 579. The molecule has 23 heavy (non-hydrogen) atoms. The molecule has 0 heterocycles. The van der Waals surface area contributed by atoms with Gasteiger partial charge in [0.05, 0.1) is 5.56 Å². The van der Waals surface area contributed by atoms with Gasteiger partial charge in [0.15, 0.2) is 0 Å². The van der Waals surface area contributed by atoms with E-state index in [2.05, 4.69) is 5.32 Å². The number of nitrogens with one attached hydrogen (secondary N) is 1. The molecule has 1 aromatic carbocycles. The number of halogens is 3. The van der Waals surface area contributed by atoms with Crippen LogP contribution in [0.15, 0.2) is 24.3 Å². The first kappa shape index (κ1) is 17.3. The van der Waals surface area contributed by atoms with Gasteiger partial charge in [0, 0.05) is 6.42 Å². The van der Waals surface area contributed by atoms with Gasteiger partial charge in [-0.05, 0) is 42.4 Å². The Balaban J connectivity index is 1.94. The lowest BCUT2D eigenvalue weighted by Gasteiger charge is -2.17. The Hall–Kier alpha value is -2.05. The van der Waals surface area contributed by atoms with E-state index in [-0.39, 0.29) is 18.3 Å². The van der Waals surface area contributed by atoms with Gasteiger partial charge in [-0.15, -0.1) is 0 Å². The minimum Gasteiger partial charge on any atom is -0.480 e. The van der Waals surface area contributed by atoms with Crippen molar-refractivity contribution in [2.75, 3.05) is 0 Å². The SMILES string of the molecule is CC(CC(=O)NC(C(=O)O)C1CC1)c1ccc(C(F)(F)F)cc1. The van der Waals surface area contributed by atoms with Gasteiger partial charge in [-0.2, -0.15) is 13.2 Å². The lowest BCUT2D eigenvalue weighted by atomic mass is 9.96. The fourth-order valence-corrected chi connectivity index (χ4v) is 2.44. The fourth-order valence-electron chi connectivity index (χ4n) is 2.44. The van der Waals surface area contributed by atoms with Crippen molar-refractivity contribution in [2.24, 2.45) is 5.92 Å². The third kappa shape index (κ3) is 4.71. The number of rotatable bonds is 6. The first-order valence-corrected chi connectivity index (χ1v) is 7.38. The van der Waals surface area contributed by atoms with Crippen LogP contribution in [0.5, 0.6) is 0 Å². The Morgan fingerprint density at radius 2 is 1.83 bits per heavy atom. The summed E-state index contributed by atoms with van der Waals surface area (Å²) in [5, 5.41) is 11.6. The van der Waals surface area contributed by atoms with Crippen LogP contribution in [0.2, 0.25) is 0 Å². The molecule has 4 nitrogen and oxygen atoms in total. The molecule has 0 radical (unpaired) electrons. The quantitative estimate of drug-likeness (QED) is 0.842. The molecule has 0 aromatic heterocycles. The number of carbonyl (C=O) groups is 2. The monoisotopic (exact) mass is 329 g/mol. The third-order valence-corrected chi connectivity index (χ3v) is 3.97. The molecule has 7 heteroatoms. The number of carbonyl (C=O) groups excluding carboxylic acids is 1. The number of amides is 1. The van der Waals surface area contributed by atoms with E-state index in [9.17, 15) is 22.8 Å². The van der Waals surface area contributed by atoms with Crippen molar-refractivity contribution in [3.05, 3.63) is 35.4 Å². The fraction of sp³-hybridized carbons (Fsp3) is 0.500. The summed E-state index contributed by atoms with van der Waals surface area (Å²) in [5.74, 6) is -1.77. The molecule has 2 unspecified atom stereocenters. The second-order valence-electron chi connectivity index (χ2n) is 5.95. The van der Waals surface area contributed by atoms with E-state index in [0.29, 0.717) is 5.56 Å². The van der Waals surface area contributed by atoms with Gasteiger partial charge < -0.3 is 10.4 Å². The predicted molar refractivity (Wildman–Crippen MR) is 76.8 cm³/mol. The van der Waals surface area contributed by atoms with E-state index < -0.39 is 29.7 Å². The Morgan fingerprint density at radius 1 is 1.26 bits per heavy atom. The largest absolute Gasteiger partial charge is 0.480 e. The summed E-state index contributed by atoms with van der Waals surface area (Å²) in [6.45, 7) is 1.72. The average Bonchev–Trinajstić information content (AvgIpc) is 3.28. The molecular weight excluding hydrogens is 311 g/mol. The van der Waals surface area contributed by atoms with Crippen LogP contribution in [-0.2, 0) is 15.8 Å². The zero-order valence-electron chi connectivity index (χ0n) is 12.6. The number of hydrogen-bond donors (Lipinski definition) is 2. The molecule has 1 aliphatic carbocycles. The van der Waals surface area contributed by atoms with Crippen LogP contribution in [0, 0.1) is 5.92 Å². The Labute approximate surface area is 131 Å². The molecule has 0 bridgehead atoms. The van der Waals surface area contributed by atoms with Gasteiger partial charge in [-0.25, -0.2) is 4.79 Å². The van der Waals surface area contributed by atoms with Crippen LogP contribution < -0.4 is 5.32 Å². The Kier molecular flexibility index (Phi) is 4.97. The molecule has 1 aromatic rings. The summed E-state index contributed by atoms with van der Waals surface area (Å²) in [6.07, 6.45) is -2.79. The van der Waals surface area contributed by atoms with Crippen LogP contribution in [-0.4, -0.2) is 23.0 Å². The summed E-state index contributed by atoms with van der Waals surface area (Å²) < 4.78 is 37.5. The van der Waals surface area contributed by atoms with Crippen molar-refractivity contribution < 1.29 is 27.9 Å². The van der Waals surface area contributed by atoms with Gasteiger partial charge >= 0.3 is 12.1 Å². The van der Waals surface area contributed by atoms with E-state index in [4.69, 9.17) is 5.11 Å². The van der Waals surface area contributed by atoms with Gasteiger partial charge in [0.1, 0.15) is 6.04 Å². The normalized spacial score (nSPS) is 17.4. The van der Waals surface area contributed by atoms with Gasteiger partial charge in [0.2, 0.25) is 5.91 Å². The van der Waals surface area contributed by atoms with Gasteiger partial charge in [0.25, 0.3) is 0 Å². The molecular formula is C16H18F3NO3. The maximum Gasteiger partial charge on any atom is 0.416 e. The molecule has 1 saturated carbocycles. The molecule has 0 saturated heterocycles. The second-order valence-corrected chi connectivity index (χ2v) is 5.95. The molecule has 2 N–H and O–H groups in total. The standard InChI is InChI=1S/C16H18F3NO3/c1-9(10-4-6-12(7-5-10)16(17,18)19)8-13(21)20-14(15(22)23)11-2-3-11/h4-7,9,11,14H,2-3,8H2,1H3,(H,20,21)(H,22,23). The average molecular weight is 329 g/mol. The molecule has 2 atom stereocenters. The topological polar surface area (TPSA) is 66.4 Å². The highest BCUT2D eigenvalue weighted by molar-refractivity contribution is 5.84. The van der Waals surface area contributed by atoms with Crippen molar-refractivity contribution in [1.82, 2.24) is 5.32 Å². The van der Waals surface area contributed by atoms with Crippen molar-refractivity contribution in [3.8, 4) is 0 Å². The first-order chi connectivity index (χ1) is 10.7. The van der Waals surface area contributed by atoms with Gasteiger partial charge in [-0.3, -0.25) is 4.79 Å². The number of carboxylic acid groups (broad SMARTS) is 1. The highest BCUT2D eigenvalue weighted by Gasteiger charge is 2.37. The van der Waals surface area contributed by atoms with Crippen molar-refractivity contribution in [3.63, 3.8) is 0 Å². The molecule has 0 spiro atoms. The molecule has 1 aliphatic rings. The van der Waals surface area contributed by atoms with E-state index in [1.54, 1.807) is 6.92 Å².